The third-order valence-electron chi connectivity index (χ3n) is 3.46. The molecular weight excluding hydrogens is 368 g/mol. The zero-order chi connectivity index (χ0) is 20.0. The monoisotopic (exact) mass is 386 g/mol. The molecule has 0 radical (unpaired) electrons. The number of carbonyl (C=O) groups is 3. The van der Waals surface area contributed by atoms with Gasteiger partial charge in [-0.05, 0) is 43.5 Å². The fraction of sp³-hybridized carbons (Fsp3) is 0.158. The largest absolute Gasteiger partial charge is 0.508 e. The fourth-order valence-corrected chi connectivity index (χ4v) is 2.92. The molecule has 8 heteroatoms. The average Bonchev–Trinajstić information content (AvgIpc) is 3.14. The number of carbonyl (C=O) groups excluding carboxylic acids is 3. The number of esters is 1. The smallest absolute Gasteiger partial charge is 0.338 e. The molecule has 0 atom stereocenters. The van der Waals surface area contributed by atoms with Gasteiger partial charge in [0, 0.05) is 11.4 Å². The maximum Gasteiger partial charge on any atom is 0.338 e. The molecule has 2 rings (SSSR count). The summed E-state index contributed by atoms with van der Waals surface area (Å²) >= 11 is 1.30. The van der Waals surface area contributed by atoms with Crippen molar-refractivity contribution in [1.82, 2.24) is 0 Å². The van der Waals surface area contributed by atoms with E-state index in [0.717, 1.165) is 0 Å². The number of amides is 1. The Bertz CT molecular complexity index is 900. The van der Waals surface area contributed by atoms with E-state index in [-0.39, 0.29) is 22.8 Å². The van der Waals surface area contributed by atoms with Crippen molar-refractivity contribution in [3.8, 4) is 0 Å². The van der Waals surface area contributed by atoms with Gasteiger partial charge in [0.1, 0.15) is 12.4 Å². The van der Waals surface area contributed by atoms with E-state index in [4.69, 9.17) is 10.1 Å². The van der Waals surface area contributed by atoms with Gasteiger partial charge in [-0.25, -0.2) is 4.79 Å². The molecule has 2 aromatic rings. The number of hydrogen-bond donors (Lipinski definition) is 3. The molecule has 27 heavy (non-hydrogen) atoms. The van der Waals surface area contributed by atoms with E-state index in [2.05, 4.69) is 5.32 Å². The second kappa shape index (κ2) is 8.91. The van der Waals surface area contributed by atoms with Crippen LogP contribution >= 0.6 is 11.3 Å². The van der Waals surface area contributed by atoms with Crippen LogP contribution in [0.2, 0.25) is 0 Å². The van der Waals surface area contributed by atoms with Crippen molar-refractivity contribution in [3.05, 3.63) is 63.6 Å². The van der Waals surface area contributed by atoms with Crippen LogP contribution in [0.3, 0.4) is 0 Å². The first kappa shape index (κ1) is 20.1. The van der Waals surface area contributed by atoms with E-state index in [9.17, 15) is 19.5 Å². The van der Waals surface area contributed by atoms with Gasteiger partial charge in [0.15, 0.2) is 5.78 Å². The normalized spacial score (nSPS) is 11.3. The molecule has 0 bridgehead atoms. The van der Waals surface area contributed by atoms with Crippen molar-refractivity contribution in [2.45, 2.75) is 13.8 Å². The molecule has 1 amide bonds. The van der Waals surface area contributed by atoms with Crippen molar-refractivity contribution in [1.29, 1.82) is 5.41 Å². The molecular formula is C19H18N2O5S. The lowest BCUT2D eigenvalue weighted by Crippen LogP contribution is -2.15. The summed E-state index contributed by atoms with van der Waals surface area (Å²) in [5, 5.41) is 21.9. The van der Waals surface area contributed by atoms with Crippen LogP contribution in [0.1, 0.15) is 33.9 Å². The molecule has 0 aliphatic rings. The molecule has 0 saturated heterocycles. The van der Waals surface area contributed by atoms with Gasteiger partial charge < -0.3 is 20.6 Å². The van der Waals surface area contributed by atoms with Gasteiger partial charge in [-0.15, -0.1) is 11.3 Å². The first-order chi connectivity index (χ1) is 12.8. The Balaban J connectivity index is 2.07. The van der Waals surface area contributed by atoms with Crippen LogP contribution in [0.4, 0.5) is 5.69 Å². The number of ether oxygens (including phenoxy) is 1. The highest BCUT2D eigenvalue weighted by Crippen LogP contribution is 2.16. The van der Waals surface area contributed by atoms with E-state index in [1.54, 1.807) is 29.6 Å². The summed E-state index contributed by atoms with van der Waals surface area (Å²) in [5.74, 6) is -2.00. The highest BCUT2D eigenvalue weighted by atomic mass is 32.1. The number of rotatable bonds is 7. The number of hydrogen-bond acceptors (Lipinski definition) is 7. The molecule has 0 aliphatic carbocycles. The molecule has 1 aromatic carbocycles. The molecule has 0 spiro atoms. The Morgan fingerprint density at radius 1 is 1.19 bits per heavy atom. The lowest BCUT2D eigenvalue weighted by atomic mass is 10.1. The Kier molecular flexibility index (Phi) is 6.62. The van der Waals surface area contributed by atoms with Crippen LogP contribution in [-0.2, 0) is 9.53 Å². The molecule has 0 fully saturated rings. The minimum Gasteiger partial charge on any atom is -0.508 e. The number of aliphatic hydroxyl groups excluding tert-OH is 1. The maximum absolute atomic E-state index is 12.2. The molecule has 0 saturated carbocycles. The van der Waals surface area contributed by atoms with Crippen LogP contribution in [0, 0.1) is 5.41 Å². The van der Waals surface area contributed by atoms with Crippen LogP contribution in [0.25, 0.3) is 0 Å². The maximum atomic E-state index is 12.2. The molecule has 3 N–H and O–H groups in total. The van der Waals surface area contributed by atoms with Crippen molar-refractivity contribution in [3.63, 3.8) is 0 Å². The molecule has 0 unspecified atom stereocenters. The SMILES string of the molecule is CC(=N)/C(C(C)=O)=C(/O)COC(=O)c1cccc(NC(=O)c2cccs2)c1. The lowest BCUT2D eigenvalue weighted by Gasteiger charge is -2.09. The molecule has 0 aliphatic heterocycles. The summed E-state index contributed by atoms with van der Waals surface area (Å²) in [6.07, 6.45) is 0. The van der Waals surface area contributed by atoms with Crippen molar-refractivity contribution >= 4 is 40.4 Å². The minimum absolute atomic E-state index is 0.116. The van der Waals surface area contributed by atoms with Gasteiger partial charge in [-0.3, -0.25) is 9.59 Å². The number of benzene rings is 1. The summed E-state index contributed by atoms with van der Waals surface area (Å²) in [7, 11) is 0. The van der Waals surface area contributed by atoms with Gasteiger partial charge in [-0.1, -0.05) is 12.1 Å². The molecule has 1 aromatic heterocycles. The average molecular weight is 386 g/mol. The number of allylic oxidation sites excluding steroid dienone is 1. The number of aliphatic hydroxyl groups is 1. The van der Waals surface area contributed by atoms with Crippen molar-refractivity contribution < 1.29 is 24.2 Å². The standard InChI is InChI=1S/C19H18N2O5S/c1-11(20)17(12(2)22)15(23)10-26-19(25)13-5-3-6-14(9-13)21-18(24)16-7-4-8-27-16/h3-9,20,23H,10H2,1-2H3,(H,21,24)/b17-15-,20-11?. The predicted molar refractivity (Wildman–Crippen MR) is 103 cm³/mol. The van der Waals surface area contributed by atoms with Gasteiger partial charge in [0.25, 0.3) is 5.91 Å². The third-order valence-corrected chi connectivity index (χ3v) is 4.33. The summed E-state index contributed by atoms with van der Waals surface area (Å²) in [4.78, 5) is 36.2. The number of thiophene rings is 1. The third kappa shape index (κ3) is 5.35. The first-order valence-electron chi connectivity index (χ1n) is 7.90. The first-order valence-corrected chi connectivity index (χ1v) is 8.78. The van der Waals surface area contributed by atoms with Crippen LogP contribution in [0.15, 0.2) is 53.1 Å². The molecule has 1 heterocycles. The van der Waals surface area contributed by atoms with E-state index in [0.29, 0.717) is 10.6 Å². The zero-order valence-electron chi connectivity index (χ0n) is 14.7. The molecule has 140 valence electrons. The predicted octanol–water partition coefficient (Wildman–Crippen LogP) is 3.60. The summed E-state index contributed by atoms with van der Waals surface area (Å²) in [5.41, 5.74) is 0.291. The number of Topliss-reactive ketones (excluding diaryl/α,β-unsaturated/α-hetero) is 1. The topological polar surface area (TPSA) is 117 Å². The number of nitrogens with one attached hydrogen (secondary N) is 2. The van der Waals surface area contributed by atoms with E-state index >= 15 is 0 Å². The Morgan fingerprint density at radius 3 is 2.52 bits per heavy atom. The summed E-state index contributed by atoms with van der Waals surface area (Å²) in [6.45, 7) is 2.04. The Morgan fingerprint density at radius 2 is 1.93 bits per heavy atom. The highest BCUT2D eigenvalue weighted by Gasteiger charge is 2.16. The van der Waals surface area contributed by atoms with Gasteiger partial charge in [0.2, 0.25) is 0 Å². The van der Waals surface area contributed by atoms with E-state index in [1.165, 1.54) is 37.3 Å². The second-order valence-electron chi connectivity index (χ2n) is 5.59. The van der Waals surface area contributed by atoms with Crippen molar-refractivity contribution in [2.75, 3.05) is 11.9 Å². The Hall–Kier alpha value is -3.26. The van der Waals surface area contributed by atoms with Crippen LogP contribution < -0.4 is 5.32 Å². The van der Waals surface area contributed by atoms with E-state index in [1.807, 2.05) is 0 Å². The summed E-state index contributed by atoms with van der Waals surface area (Å²) < 4.78 is 5.00. The highest BCUT2D eigenvalue weighted by molar-refractivity contribution is 7.12. The quantitative estimate of drug-likeness (QED) is 0.291. The fourth-order valence-electron chi connectivity index (χ4n) is 2.30. The lowest BCUT2D eigenvalue weighted by molar-refractivity contribution is -0.113. The Labute approximate surface area is 159 Å². The number of anilines is 1. The second-order valence-corrected chi connectivity index (χ2v) is 6.54. The van der Waals surface area contributed by atoms with Crippen LogP contribution in [-0.4, -0.2) is 35.1 Å². The molecule has 7 nitrogen and oxygen atoms in total. The van der Waals surface area contributed by atoms with Gasteiger partial charge >= 0.3 is 5.97 Å². The van der Waals surface area contributed by atoms with Gasteiger partial charge in [0.05, 0.1) is 16.0 Å². The number of ketones is 1. The van der Waals surface area contributed by atoms with E-state index < -0.39 is 24.1 Å². The van der Waals surface area contributed by atoms with Crippen molar-refractivity contribution in [2.24, 2.45) is 0 Å². The minimum atomic E-state index is -0.737. The summed E-state index contributed by atoms with van der Waals surface area (Å²) in [6, 6.07) is 9.61. The zero-order valence-corrected chi connectivity index (χ0v) is 15.6. The van der Waals surface area contributed by atoms with Crippen LogP contribution in [0.5, 0.6) is 0 Å². The van der Waals surface area contributed by atoms with Gasteiger partial charge in [-0.2, -0.15) is 0 Å².